The molecule has 0 bridgehead atoms. The van der Waals surface area contributed by atoms with Gasteiger partial charge in [-0.1, -0.05) is 251 Å². The minimum absolute atomic E-state index is 0.242. The first-order valence-electron chi connectivity index (χ1n) is 28.5. The molecule has 0 amide bonds. The van der Waals surface area contributed by atoms with Gasteiger partial charge in [-0.05, 0) is 176 Å². The fourth-order valence-electron chi connectivity index (χ4n) is 11.1. The molecular formula is C73H100O4. The molecule has 77 heavy (non-hydrogen) atoms. The van der Waals surface area contributed by atoms with Crippen molar-refractivity contribution in [1.29, 1.82) is 0 Å². The molecule has 0 saturated carbocycles. The van der Waals surface area contributed by atoms with E-state index in [1.807, 2.05) is 0 Å². The van der Waals surface area contributed by atoms with Gasteiger partial charge in [0.15, 0.2) is 0 Å². The van der Waals surface area contributed by atoms with Crippen LogP contribution in [-0.2, 0) is 75.4 Å². The van der Waals surface area contributed by atoms with Gasteiger partial charge in [-0.15, -0.1) is 0 Å². The highest BCUT2D eigenvalue weighted by Crippen LogP contribution is 2.45. The van der Waals surface area contributed by atoms with Gasteiger partial charge in [0, 0.05) is 0 Å². The molecule has 0 atom stereocenters. The highest BCUT2D eigenvalue weighted by atomic mass is 16.3. The van der Waals surface area contributed by atoms with Gasteiger partial charge in [0.2, 0.25) is 0 Å². The van der Waals surface area contributed by atoms with Crippen LogP contribution in [0.4, 0.5) is 0 Å². The van der Waals surface area contributed by atoms with Crippen molar-refractivity contribution in [2.75, 3.05) is 0 Å². The van der Waals surface area contributed by atoms with E-state index in [0.717, 1.165) is 44.5 Å². The third-order valence-corrected chi connectivity index (χ3v) is 15.7. The molecular weight excluding hydrogens is 941 g/mol. The van der Waals surface area contributed by atoms with Crippen molar-refractivity contribution < 1.29 is 20.4 Å². The predicted molar refractivity (Wildman–Crippen MR) is 329 cm³/mol. The van der Waals surface area contributed by atoms with E-state index in [2.05, 4.69) is 251 Å². The van der Waals surface area contributed by atoms with Crippen molar-refractivity contribution in [1.82, 2.24) is 0 Å². The molecule has 416 valence electrons. The first kappa shape index (κ1) is 60.7. The minimum atomic E-state index is -0.271. The largest absolute Gasteiger partial charge is 0.507 e. The molecule has 0 aliphatic carbocycles. The number of aromatic hydroxyl groups is 4. The summed E-state index contributed by atoms with van der Waals surface area (Å²) < 4.78 is 0. The average molecular weight is 1040 g/mol. The number of benzene rings is 6. The lowest BCUT2D eigenvalue weighted by molar-refractivity contribution is 0.422. The number of rotatable bonds is 10. The van der Waals surface area contributed by atoms with Gasteiger partial charge in [0.25, 0.3) is 0 Å². The molecule has 0 fully saturated rings. The first-order chi connectivity index (χ1) is 34.8. The average Bonchev–Trinajstić information content (AvgIpc) is 3.24. The summed E-state index contributed by atoms with van der Waals surface area (Å²) in [7, 11) is 0. The van der Waals surface area contributed by atoms with Crippen LogP contribution in [0.5, 0.6) is 23.0 Å². The Balaban J connectivity index is 1.59. The lowest BCUT2D eigenvalue weighted by Crippen LogP contribution is -2.18. The van der Waals surface area contributed by atoms with Crippen molar-refractivity contribution in [3.8, 4) is 23.0 Å². The minimum Gasteiger partial charge on any atom is -0.507 e. The van der Waals surface area contributed by atoms with E-state index < -0.39 is 0 Å². The van der Waals surface area contributed by atoms with Crippen molar-refractivity contribution >= 4 is 0 Å². The van der Waals surface area contributed by atoms with Crippen LogP contribution >= 0.6 is 0 Å². The van der Waals surface area contributed by atoms with E-state index in [1.54, 1.807) is 0 Å². The normalized spacial score (nSPS) is 13.4. The summed E-state index contributed by atoms with van der Waals surface area (Å²) in [5.74, 6) is 1.57. The molecule has 0 spiro atoms. The fourth-order valence-corrected chi connectivity index (χ4v) is 11.1. The second kappa shape index (κ2) is 21.0. The van der Waals surface area contributed by atoms with Crippen molar-refractivity contribution in [3.05, 3.63) is 185 Å². The Labute approximate surface area is 467 Å². The Kier molecular flexibility index (Phi) is 16.5. The molecule has 6 rings (SSSR count). The standard InChI is InChI=1S/C73H100O4/c1-66(2,3)54-35-46(36-55(62(54)74)67(4,5)6)29-44-25-27-50(52(31-44)33-48-39-58(70(13,14)15)64(76)59(40-48)71(16,17)18)43-51-28-26-45(30-47-37-56(68(7,8)9)63(75)57(38-47)69(10,11)12)32-53(51)34-49-41-60(72(19,20)21)65(77)61(42-49)73(22,23)24/h25-28,31-32,35-42,74-77H,29-30,33-34,43H2,1-24H3. The molecule has 0 radical (unpaired) electrons. The van der Waals surface area contributed by atoms with E-state index >= 15 is 0 Å². The molecule has 4 N–H and O–H groups in total. The van der Waals surface area contributed by atoms with Gasteiger partial charge in [-0.2, -0.15) is 0 Å². The quantitative estimate of drug-likeness (QED) is 0.110. The maximum absolute atomic E-state index is 11.9. The molecule has 6 aromatic rings. The Morgan fingerprint density at radius 1 is 0.208 bits per heavy atom. The molecule has 0 saturated heterocycles. The maximum atomic E-state index is 11.9. The molecule has 4 heteroatoms. The van der Waals surface area contributed by atoms with Gasteiger partial charge >= 0.3 is 0 Å². The lowest BCUT2D eigenvalue weighted by Gasteiger charge is -2.29. The molecule has 0 aliphatic rings. The first-order valence-corrected chi connectivity index (χ1v) is 28.5. The zero-order valence-corrected chi connectivity index (χ0v) is 52.4. The molecule has 0 aliphatic heterocycles. The summed E-state index contributed by atoms with van der Waals surface area (Å²) in [6.45, 7) is 52.3. The molecule has 4 nitrogen and oxygen atoms in total. The van der Waals surface area contributed by atoms with Gasteiger partial charge in [-0.25, -0.2) is 0 Å². The zero-order valence-electron chi connectivity index (χ0n) is 52.4. The summed E-state index contributed by atoms with van der Waals surface area (Å²) in [4.78, 5) is 0. The van der Waals surface area contributed by atoms with Crippen LogP contribution in [-0.4, -0.2) is 20.4 Å². The summed E-state index contributed by atoms with van der Waals surface area (Å²) in [6.07, 6.45) is 3.52. The number of phenolic OH excluding ortho intramolecular Hbond substituents is 4. The number of hydrogen-bond donors (Lipinski definition) is 4. The molecule has 0 heterocycles. The third kappa shape index (κ3) is 14.2. The van der Waals surface area contributed by atoms with Gasteiger partial charge in [0.05, 0.1) is 0 Å². The number of phenols is 4. The van der Waals surface area contributed by atoms with E-state index in [4.69, 9.17) is 0 Å². The van der Waals surface area contributed by atoms with E-state index in [9.17, 15) is 20.4 Å². The predicted octanol–water partition coefficient (Wildman–Crippen LogP) is 18.8. The van der Waals surface area contributed by atoms with Gasteiger partial charge in [-0.3, -0.25) is 0 Å². The van der Waals surface area contributed by atoms with Crippen LogP contribution in [0.15, 0.2) is 84.9 Å². The van der Waals surface area contributed by atoms with Crippen LogP contribution in [0, 0.1) is 0 Å². The highest BCUT2D eigenvalue weighted by Gasteiger charge is 2.31. The van der Waals surface area contributed by atoms with E-state index in [1.165, 1.54) is 55.6 Å². The van der Waals surface area contributed by atoms with Crippen molar-refractivity contribution in [2.24, 2.45) is 0 Å². The summed E-state index contributed by atoms with van der Waals surface area (Å²) in [5.41, 5.74) is 17.8. The third-order valence-electron chi connectivity index (χ3n) is 15.7. The Hall–Kier alpha value is -5.48. The lowest BCUT2D eigenvalue weighted by atomic mass is 9.77. The van der Waals surface area contributed by atoms with Crippen LogP contribution in [0.25, 0.3) is 0 Å². The fraction of sp³-hybridized carbons (Fsp3) is 0.507. The summed E-state index contributed by atoms with van der Waals surface area (Å²) >= 11 is 0. The van der Waals surface area contributed by atoms with Crippen LogP contribution in [0.3, 0.4) is 0 Å². The summed E-state index contributed by atoms with van der Waals surface area (Å²) in [5, 5.41) is 47.1. The Morgan fingerprint density at radius 2 is 0.390 bits per heavy atom. The van der Waals surface area contributed by atoms with Crippen LogP contribution in [0.1, 0.15) is 266 Å². The van der Waals surface area contributed by atoms with E-state index in [-0.39, 0.29) is 43.3 Å². The van der Waals surface area contributed by atoms with Gasteiger partial charge in [0.1, 0.15) is 23.0 Å². The Morgan fingerprint density at radius 3 is 0.571 bits per heavy atom. The van der Waals surface area contributed by atoms with Gasteiger partial charge < -0.3 is 20.4 Å². The van der Waals surface area contributed by atoms with Crippen molar-refractivity contribution in [2.45, 2.75) is 242 Å². The zero-order chi connectivity index (χ0) is 58.1. The Bertz CT molecular complexity index is 2780. The second-order valence-corrected chi connectivity index (χ2v) is 31.2. The summed E-state index contributed by atoms with van der Waals surface area (Å²) in [6, 6.07) is 31.9. The molecule has 0 aromatic heterocycles. The van der Waals surface area contributed by atoms with Crippen LogP contribution in [0.2, 0.25) is 0 Å². The topological polar surface area (TPSA) is 80.9 Å². The highest BCUT2D eigenvalue weighted by molar-refractivity contribution is 5.56. The van der Waals surface area contributed by atoms with E-state index in [0.29, 0.717) is 55.1 Å². The SMILES string of the molecule is CC(C)(C)c1cc(Cc2ccc(Cc3ccc(Cc4cc(C(C)(C)C)c(O)c(C(C)(C)C)c4)cc3Cc3cc(C(C)(C)C)c(O)c(C(C)(C)C)c3)c(Cc3cc(C(C)(C)C)c(O)c(C(C)(C)C)c3)c2)cc(C(C)(C)C)c1O. The maximum Gasteiger partial charge on any atom is 0.123 e. The monoisotopic (exact) mass is 1040 g/mol. The van der Waals surface area contributed by atoms with Crippen LogP contribution < -0.4 is 0 Å². The smallest absolute Gasteiger partial charge is 0.123 e. The molecule has 0 unspecified atom stereocenters. The van der Waals surface area contributed by atoms with Crippen molar-refractivity contribution in [3.63, 3.8) is 0 Å². The molecule has 6 aromatic carbocycles. The number of hydrogen-bond acceptors (Lipinski definition) is 4. The second-order valence-electron chi connectivity index (χ2n) is 31.2.